The molecule has 30 heavy (non-hydrogen) atoms. The van der Waals surface area contributed by atoms with E-state index in [9.17, 15) is 0 Å². The van der Waals surface area contributed by atoms with Crippen LogP contribution < -0.4 is 33.6 Å². The molecule has 0 saturated heterocycles. The number of thiocarbonyl (C=S) groups is 1. The summed E-state index contributed by atoms with van der Waals surface area (Å²) in [4.78, 5) is 0. The first-order valence-corrected chi connectivity index (χ1v) is 9.20. The van der Waals surface area contributed by atoms with Crippen LogP contribution in [0.5, 0.6) is 0 Å². The average Bonchev–Trinajstić information content (AvgIpc) is 2.70. The monoisotopic (exact) mass is 424 g/mol. The fourth-order valence-corrected chi connectivity index (χ4v) is 2.55. The predicted octanol–water partition coefficient (Wildman–Crippen LogP) is 1.49. The van der Waals surface area contributed by atoms with Crippen molar-refractivity contribution in [3.05, 3.63) is 59.7 Å². The Kier molecular flexibility index (Phi) is 7.82. The molecule has 0 bridgehead atoms. The maximum absolute atomic E-state index is 5.41. The number of nitrogens with zero attached hydrogens (tertiary/aromatic N) is 4. The first kappa shape index (κ1) is 22.3. The second-order valence-electron chi connectivity index (χ2n) is 6.16. The first-order valence-electron chi connectivity index (χ1n) is 8.80. The third-order valence-electron chi connectivity index (χ3n) is 3.71. The van der Waals surface area contributed by atoms with Crippen LogP contribution in [0.4, 0.5) is 11.4 Å². The number of anilines is 2. The molecule has 0 aliphatic heterocycles. The summed E-state index contributed by atoms with van der Waals surface area (Å²) in [6, 6.07) is 15.1. The summed E-state index contributed by atoms with van der Waals surface area (Å²) in [5.74, 6) is -0.204. The lowest BCUT2D eigenvalue weighted by Gasteiger charge is -2.12. The van der Waals surface area contributed by atoms with Gasteiger partial charge in [-0.1, -0.05) is 24.3 Å². The zero-order chi connectivity index (χ0) is 22.1. The van der Waals surface area contributed by atoms with Crippen LogP contribution in [0.2, 0.25) is 0 Å². The summed E-state index contributed by atoms with van der Waals surface area (Å²) in [7, 11) is 0. The predicted molar refractivity (Wildman–Crippen MR) is 129 cm³/mol. The Morgan fingerprint density at radius 1 is 0.700 bits per heavy atom. The number of hydrogen-bond donors (Lipinski definition) is 6. The highest BCUT2D eigenvalue weighted by Gasteiger charge is 2.04. The number of nitrogens with one attached hydrogen (secondary N) is 2. The maximum atomic E-state index is 5.41. The van der Waals surface area contributed by atoms with Crippen LogP contribution in [-0.4, -0.2) is 28.5 Å². The van der Waals surface area contributed by atoms with Crippen molar-refractivity contribution in [1.82, 2.24) is 0 Å². The molecule has 0 heterocycles. The molecule has 10 N–H and O–H groups in total. The van der Waals surface area contributed by atoms with Gasteiger partial charge < -0.3 is 33.6 Å². The summed E-state index contributed by atoms with van der Waals surface area (Å²) < 4.78 is 0. The molecular weight excluding hydrogens is 400 g/mol. The van der Waals surface area contributed by atoms with E-state index in [0.29, 0.717) is 16.5 Å². The lowest BCUT2D eigenvalue weighted by molar-refractivity contribution is 1.20. The molecule has 0 unspecified atom stereocenters. The molecule has 2 aromatic carbocycles. The van der Waals surface area contributed by atoms with E-state index in [2.05, 4.69) is 31.0 Å². The van der Waals surface area contributed by atoms with Crippen molar-refractivity contribution < 1.29 is 0 Å². The van der Waals surface area contributed by atoms with Crippen LogP contribution in [0.15, 0.2) is 68.9 Å². The summed E-state index contributed by atoms with van der Waals surface area (Å²) in [5, 5.41) is 22.0. The highest BCUT2D eigenvalue weighted by Crippen LogP contribution is 2.15. The Balaban J connectivity index is 2.10. The molecule has 0 amide bonds. The van der Waals surface area contributed by atoms with Crippen molar-refractivity contribution in [2.75, 3.05) is 10.6 Å². The highest BCUT2D eigenvalue weighted by molar-refractivity contribution is 7.80. The second-order valence-corrected chi connectivity index (χ2v) is 6.57. The van der Waals surface area contributed by atoms with Gasteiger partial charge in [-0.3, -0.25) is 0 Å². The Morgan fingerprint density at radius 3 is 1.47 bits per heavy atom. The average molecular weight is 425 g/mol. The third kappa shape index (κ3) is 7.20. The van der Waals surface area contributed by atoms with Crippen molar-refractivity contribution in [2.45, 2.75) is 13.8 Å². The molecule has 0 aliphatic rings. The van der Waals surface area contributed by atoms with E-state index in [-0.39, 0.29) is 11.9 Å². The van der Waals surface area contributed by atoms with Crippen LogP contribution in [0.3, 0.4) is 0 Å². The van der Waals surface area contributed by atoms with E-state index in [1.54, 1.807) is 13.8 Å². The molecular formula is C19H24N10S. The molecule has 0 spiro atoms. The van der Waals surface area contributed by atoms with Gasteiger partial charge in [-0.2, -0.15) is 10.2 Å². The van der Waals surface area contributed by atoms with Gasteiger partial charge in [0.05, 0.1) is 11.4 Å². The highest BCUT2D eigenvalue weighted by atomic mass is 32.1. The smallest absolute Gasteiger partial charge is 0.211 e. The van der Waals surface area contributed by atoms with E-state index in [0.717, 1.165) is 22.5 Å². The van der Waals surface area contributed by atoms with Crippen molar-refractivity contribution in [3.8, 4) is 0 Å². The molecule has 2 aromatic rings. The fraction of sp³-hybridized carbons (Fsp3) is 0.105. The van der Waals surface area contributed by atoms with Gasteiger partial charge >= 0.3 is 0 Å². The third-order valence-corrected chi connectivity index (χ3v) is 3.91. The van der Waals surface area contributed by atoms with E-state index in [1.807, 2.05) is 48.5 Å². The second kappa shape index (κ2) is 10.5. The Labute approximate surface area is 179 Å². The molecule has 11 heteroatoms. The van der Waals surface area contributed by atoms with Gasteiger partial charge in [0.15, 0.2) is 5.11 Å². The van der Waals surface area contributed by atoms with Crippen LogP contribution in [-0.2, 0) is 0 Å². The van der Waals surface area contributed by atoms with Crippen molar-refractivity contribution in [1.29, 1.82) is 0 Å². The van der Waals surface area contributed by atoms with E-state index in [1.165, 1.54) is 0 Å². The van der Waals surface area contributed by atoms with Crippen molar-refractivity contribution in [3.63, 3.8) is 0 Å². The molecule has 2 rings (SSSR count). The zero-order valence-electron chi connectivity index (χ0n) is 16.6. The summed E-state index contributed by atoms with van der Waals surface area (Å²) in [6.45, 7) is 3.61. The number of benzene rings is 2. The van der Waals surface area contributed by atoms with Gasteiger partial charge in [0.25, 0.3) is 0 Å². The zero-order valence-corrected chi connectivity index (χ0v) is 17.4. The SMILES string of the molecule is C/C(=N\N=C(N)N)c1cccc(NC(=S)Nc2cccc(/C(C)=N/N=C(N)N)c2)c1. The lowest BCUT2D eigenvalue weighted by atomic mass is 10.1. The maximum Gasteiger partial charge on any atom is 0.211 e. The topological polar surface area (TPSA) is 178 Å². The van der Waals surface area contributed by atoms with E-state index in [4.69, 9.17) is 35.2 Å². The Morgan fingerprint density at radius 2 is 1.10 bits per heavy atom. The number of nitrogens with two attached hydrogens (primary N) is 4. The van der Waals surface area contributed by atoms with Crippen LogP contribution >= 0.6 is 12.2 Å². The van der Waals surface area contributed by atoms with Crippen LogP contribution in [0, 0.1) is 0 Å². The molecule has 0 aliphatic carbocycles. The Hall–Kier alpha value is -3.99. The van der Waals surface area contributed by atoms with Gasteiger partial charge in [-0.15, -0.1) is 10.2 Å². The van der Waals surface area contributed by atoms with E-state index < -0.39 is 0 Å². The molecule has 0 saturated carbocycles. The van der Waals surface area contributed by atoms with Gasteiger partial charge in [-0.05, 0) is 61.5 Å². The minimum atomic E-state index is -0.102. The van der Waals surface area contributed by atoms with Crippen LogP contribution in [0.25, 0.3) is 0 Å². The van der Waals surface area contributed by atoms with Gasteiger partial charge in [0.1, 0.15) is 0 Å². The molecule has 0 fully saturated rings. The molecule has 0 radical (unpaired) electrons. The van der Waals surface area contributed by atoms with Crippen LogP contribution in [0.1, 0.15) is 25.0 Å². The minimum absolute atomic E-state index is 0.102. The van der Waals surface area contributed by atoms with Crippen molar-refractivity contribution in [2.24, 2.45) is 43.3 Å². The van der Waals surface area contributed by atoms with E-state index >= 15 is 0 Å². The standard InChI is InChI=1S/C19H24N10S/c1-11(26-28-17(20)21)13-5-3-7-15(9-13)24-19(30)25-16-8-4-6-14(10-16)12(2)27-29-18(22)23/h3-10H,1-2H3,(H4,20,21,28)(H4,22,23,29)(H2,24,25,30)/b26-11+,27-12+. The molecule has 0 atom stereocenters. The molecule has 156 valence electrons. The number of guanidine groups is 2. The van der Waals surface area contributed by atoms with Crippen molar-refractivity contribution >= 4 is 52.0 Å². The normalized spacial score (nSPS) is 11.4. The van der Waals surface area contributed by atoms with Gasteiger partial charge in [-0.25, -0.2) is 0 Å². The molecule has 0 aromatic heterocycles. The van der Waals surface area contributed by atoms with Gasteiger partial charge in [0.2, 0.25) is 11.9 Å². The fourth-order valence-electron chi connectivity index (χ4n) is 2.32. The lowest BCUT2D eigenvalue weighted by Crippen LogP contribution is -2.22. The minimum Gasteiger partial charge on any atom is -0.369 e. The summed E-state index contributed by atoms with van der Waals surface area (Å²) in [5.41, 5.74) is 25.8. The first-order chi connectivity index (χ1) is 14.2. The number of hydrogen-bond acceptors (Lipinski definition) is 5. The number of rotatable bonds is 6. The van der Waals surface area contributed by atoms with Gasteiger partial charge in [0, 0.05) is 11.4 Å². The summed E-state index contributed by atoms with van der Waals surface area (Å²) in [6.07, 6.45) is 0. The summed E-state index contributed by atoms with van der Waals surface area (Å²) >= 11 is 5.41. The largest absolute Gasteiger partial charge is 0.369 e. The quantitative estimate of drug-likeness (QED) is 0.176. The Bertz CT molecular complexity index is 950. The molecule has 10 nitrogen and oxygen atoms in total.